The molecular weight excluding hydrogens is 627 g/mol. The molecule has 2 aliphatic rings. The first-order valence-electron chi connectivity index (χ1n) is 16.7. The molecule has 5 rings (SSSR count). The summed E-state index contributed by atoms with van der Waals surface area (Å²) >= 11 is 1.38. The quantitative estimate of drug-likeness (QED) is 0.180. The predicted molar refractivity (Wildman–Crippen MR) is 187 cm³/mol. The van der Waals surface area contributed by atoms with Gasteiger partial charge < -0.3 is 26.0 Å². The van der Waals surface area contributed by atoms with Crippen LogP contribution in [0.2, 0.25) is 0 Å². The first-order chi connectivity index (χ1) is 23.3. The molecule has 0 unspecified atom stereocenters. The average molecular weight is 672 g/mol. The first-order valence-corrected chi connectivity index (χ1v) is 17.7. The van der Waals surface area contributed by atoms with Crippen LogP contribution in [0.25, 0.3) is 11.3 Å². The van der Waals surface area contributed by atoms with E-state index in [4.69, 9.17) is 15.8 Å². The van der Waals surface area contributed by atoms with Gasteiger partial charge in [0.05, 0.1) is 11.4 Å². The number of rotatable bonds is 13. The van der Waals surface area contributed by atoms with Gasteiger partial charge in [0.25, 0.3) is 0 Å². The van der Waals surface area contributed by atoms with E-state index in [2.05, 4.69) is 31.2 Å². The van der Waals surface area contributed by atoms with E-state index in [0.29, 0.717) is 46.6 Å². The number of hydrogen-bond acceptors (Lipinski definition) is 11. The second-order valence-corrected chi connectivity index (χ2v) is 13.4. The molecular formula is C35H45N9O3S. The number of thioether (sulfide) groups is 1. The van der Waals surface area contributed by atoms with Crippen molar-refractivity contribution in [2.24, 2.45) is 5.92 Å². The molecule has 4 N–H and O–H groups in total. The van der Waals surface area contributed by atoms with E-state index in [9.17, 15) is 14.9 Å². The zero-order chi connectivity index (χ0) is 33.9. The van der Waals surface area contributed by atoms with Gasteiger partial charge in [-0.15, -0.1) is 0 Å². The number of aliphatic hydroxyl groups is 1. The maximum Gasteiger partial charge on any atom is 0.223 e. The Hall–Kier alpha value is -4.09. The molecule has 0 spiro atoms. The number of aryl methyl sites for hydroxylation is 1. The molecule has 0 aliphatic carbocycles. The van der Waals surface area contributed by atoms with E-state index in [1.54, 1.807) is 24.3 Å². The number of nitrogens with one attached hydrogen (secondary N) is 1. The topological polar surface area (TPSA) is 165 Å². The van der Waals surface area contributed by atoms with Crippen LogP contribution in [0.15, 0.2) is 47.6 Å². The fourth-order valence-corrected chi connectivity index (χ4v) is 7.02. The van der Waals surface area contributed by atoms with Gasteiger partial charge in [0.1, 0.15) is 17.5 Å². The van der Waals surface area contributed by atoms with Crippen molar-refractivity contribution in [2.45, 2.75) is 49.9 Å². The number of anilines is 2. The number of nitrogens with zero attached hydrogens (tertiary/aromatic N) is 7. The minimum atomic E-state index is -0.169. The third kappa shape index (κ3) is 9.96. The SMILES string of the molecule is CC(=O)Nc1ccc(-c2nc(SCc3cccc(CCC(=O)N4CCN(CC5CCN(CCCO)CC5)CC4)n3)nc(N)c2C#N)cc1. The Labute approximate surface area is 286 Å². The number of hydrogen-bond donors (Lipinski definition) is 3. The van der Waals surface area contributed by atoms with Crippen LogP contribution in [-0.4, -0.2) is 106 Å². The van der Waals surface area contributed by atoms with Crippen molar-refractivity contribution in [3.8, 4) is 17.3 Å². The van der Waals surface area contributed by atoms with Gasteiger partial charge in [-0.3, -0.25) is 19.5 Å². The lowest BCUT2D eigenvalue weighted by Gasteiger charge is -2.39. The molecule has 0 bridgehead atoms. The van der Waals surface area contributed by atoms with E-state index >= 15 is 0 Å². The van der Waals surface area contributed by atoms with E-state index in [-0.39, 0.29) is 29.8 Å². The summed E-state index contributed by atoms with van der Waals surface area (Å²) in [5.41, 5.74) is 9.82. The van der Waals surface area contributed by atoms with E-state index in [1.807, 2.05) is 23.1 Å². The van der Waals surface area contributed by atoms with E-state index in [0.717, 1.165) is 70.2 Å². The number of nitriles is 1. The monoisotopic (exact) mass is 671 g/mol. The average Bonchev–Trinajstić information content (AvgIpc) is 3.10. The highest BCUT2D eigenvalue weighted by Crippen LogP contribution is 2.29. The summed E-state index contributed by atoms with van der Waals surface area (Å²) in [6.07, 6.45) is 4.28. The summed E-state index contributed by atoms with van der Waals surface area (Å²) in [7, 11) is 0. The third-order valence-corrected chi connectivity index (χ3v) is 9.78. The Kier molecular flexibility index (Phi) is 12.7. The number of piperidine rings is 1. The van der Waals surface area contributed by atoms with Crippen molar-refractivity contribution in [1.29, 1.82) is 5.26 Å². The molecule has 2 aromatic heterocycles. The van der Waals surface area contributed by atoms with Crippen molar-refractivity contribution in [1.82, 2.24) is 29.7 Å². The van der Waals surface area contributed by atoms with Crippen LogP contribution >= 0.6 is 11.8 Å². The third-order valence-electron chi connectivity index (χ3n) is 8.90. The van der Waals surface area contributed by atoms with Crippen molar-refractivity contribution >= 4 is 35.1 Å². The Morgan fingerprint density at radius 2 is 1.73 bits per heavy atom. The van der Waals surface area contributed by atoms with Crippen LogP contribution in [-0.2, 0) is 21.8 Å². The molecule has 254 valence electrons. The summed E-state index contributed by atoms with van der Waals surface area (Å²) < 4.78 is 0. The Bertz CT molecular complexity index is 1580. The highest BCUT2D eigenvalue weighted by Gasteiger charge is 2.25. The maximum atomic E-state index is 13.1. The molecule has 12 nitrogen and oxygen atoms in total. The number of amides is 2. The van der Waals surface area contributed by atoms with Crippen LogP contribution < -0.4 is 11.1 Å². The lowest BCUT2D eigenvalue weighted by molar-refractivity contribution is -0.133. The van der Waals surface area contributed by atoms with Crippen molar-refractivity contribution in [3.63, 3.8) is 0 Å². The standard InChI is InChI=1S/C35H45N9O3S/c1-25(46)38-29-8-6-27(7-9-29)33-31(22-36)34(37)41-35(40-33)48-24-30-5-2-4-28(39-30)10-11-32(47)44-19-17-43(18-20-44)23-26-12-15-42(16-13-26)14-3-21-45/h2,4-9,26,45H,3,10-21,23-24H2,1H3,(H,38,46)(H2,37,40,41). The Morgan fingerprint density at radius 1 is 1.00 bits per heavy atom. The number of carbonyl (C=O) groups excluding carboxylic acids is 2. The molecule has 2 fully saturated rings. The molecule has 3 aromatic rings. The molecule has 2 amide bonds. The molecule has 0 radical (unpaired) electrons. The van der Waals surface area contributed by atoms with Crippen LogP contribution in [0.5, 0.6) is 0 Å². The molecule has 1 aromatic carbocycles. The molecule has 2 saturated heterocycles. The Balaban J connectivity index is 1.09. The highest BCUT2D eigenvalue weighted by atomic mass is 32.2. The fourth-order valence-electron chi connectivity index (χ4n) is 6.27. The van der Waals surface area contributed by atoms with Crippen LogP contribution in [0.4, 0.5) is 11.5 Å². The number of likely N-dealkylation sites (tertiary alicyclic amines) is 1. The number of aromatic nitrogens is 3. The van der Waals surface area contributed by atoms with Gasteiger partial charge in [-0.1, -0.05) is 30.0 Å². The van der Waals surface area contributed by atoms with Gasteiger partial charge in [-0.25, -0.2) is 9.97 Å². The number of nitrogen functional groups attached to an aromatic ring is 1. The highest BCUT2D eigenvalue weighted by molar-refractivity contribution is 7.98. The normalized spacial score (nSPS) is 16.1. The summed E-state index contributed by atoms with van der Waals surface area (Å²) in [5, 5.41) is 21.9. The summed E-state index contributed by atoms with van der Waals surface area (Å²) in [5.74, 6) is 1.32. The van der Waals surface area contributed by atoms with Gasteiger partial charge in [-0.2, -0.15) is 5.26 Å². The van der Waals surface area contributed by atoms with Crippen molar-refractivity contribution < 1.29 is 14.7 Å². The fraction of sp³-hybridized carbons (Fsp3) is 0.486. The molecule has 48 heavy (non-hydrogen) atoms. The minimum Gasteiger partial charge on any atom is -0.396 e. The lowest BCUT2D eigenvalue weighted by Crippen LogP contribution is -2.50. The number of benzene rings is 1. The largest absolute Gasteiger partial charge is 0.396 e. The minimum absolute atomic E-state index is 0.104. The van der Waals surface area contributed by atoms with Gasteiger partial charge in [-0.05, 0) is 69.0 Å². The van der Waals surface area contributed by atoms with Crippen LogP contribution in [0.3, 0.4) is 0 Å². The second kappa shape index (κ2) is 17.3. The lowest BCUT2D eigenvalue weighted by atomic mass is 9.96. The summed E-state index contributed by atoms with van der Waals surface area (Å²) in [6.45, 7) is 9.44. The predicted octanol–water partition coefficient (Wildman–Crippen LogP) is 3.41. The summed E-state index contributed by atoms with van der Waals surface area (Å²) in [4.78, 5) is 45.2. The molecule has 0 saturated carbocycles. The number of carbonyl (C=O) groups is 2. The van der Waals surface area contributed by atoms with Gasteiger partial charge in [0.15, 0.2) is 5.16 Å². The van der Waals surface area contributed by atoms with Gasteiger partial charge >= 0.3 is 0 Å². The van der Waals surface area contributed by atoms with Gasteiger partial charge in [0.2, 0.25) is 11.8 Å². The number of aliphatic hydroxyl groups excluding tert-OH is 1. The second-order valence-electron chi connectivity index (χ2n) is 12.4. The molecule has 2 aliphatic heterocycles. The van der Waals surface area contributed by atoms with Crippen LogP contribution in [0, 0.1) is 17.2 Å². The first kappa shape index (κ1) is 35.2. The number of nitrogens with two attached hydrogens (primary N) is 1. The van der Waals surface area contributed by atoms with Crippen molar-refractivity contribution in [2.75, 3.05) is 70.0 Å². The Morgan fingerprint density at radius 3 is 2.42 bits per heavy atom. The zero-order valence-corrected chi connectivity index (χ0v) is 28.4. The molecule has 13 heteroatoms. The number of piperazine rings is 1. The van der Waals surface area contributed by atoms with Gasteiger partial charge in [0, 0.05) is 81.9 Å². The smallest absolute Gasteiger partial charge is 0.223 e. The van der Waals surface area contributed by atoms with E-state index < -0.39 is 0 Å². The number of pyridine rings is 1. The van der Waals surface area contributed by atoms with Crippen molar-refractivity contribution in [3.05, 3.63) is 59.4 Å². The molecule has 0 atom stereocenters. The maximum absolute atomic E-state index is 13.1. The van der Waals surface area contributed by atoms with Crippen LogP contribution in [0.1, 0.15) is 49.6 Å². The molecule has 4 heterocycles. The van der Waals surface area contributed by atoms with E-state index in [1.165, 1.54) is 31.5 Å². The summed E-state index contributed by atoms with van der Waals surface area (Å²) in [6, 6.07) is 15.0. The zero-order valence-electron chi connectivity index (χ0n) is 27.6.